The molecule has 5 aromatic rings. The van der Waals surface area contributed by atoms with Crippen molar-refractivity contribution < 1.29 is 4.74 Å². The number of benzene rings is 1. The Balaban J connectivity index is 1.29. The first-order valence-corrected chi connectivity index (χ1v) is 12.2. The molecule has 0 radical (unpaired) electrons. The molecule has 1 saturated heterocycles. The molecular formula is C29H27N5O. The van der Waals surface area contributed by atoms with Crippen LogP contribution in [0.1, 0.15) is 12.8 Å². The van der Waals surface area contributed by atoms with E-state index in [0.29, 0.717) is 0 Å². The Morgan fingerprint density at radius 1 is 0.771 bits per heavy atom. The van der Waals surface area contributed by atoms with Crippen LogP contribution >= 0.6 is 0 Å². The van der Waals surface area contributed by atoms with Gasteiger partial charge < -0.3 is 4.74 Å². The fourth-order valence-electron chi connectivity index (χ4n) is 4.71. The fraction of sp³-hybridized carbons (Fsp3) is 0.207. The van der Waals surface area contributed by atoms with Crippen LogP contribution in [-0.4, -0.2) is 50.5 Å². The van der Waals surface area contributed by atoms with E-state index < -0.39 is 0 Å². The van der Waals surface area contributed by atoms with Crippen molar-refractivity contribution in [2.24, 2.45) is 0 Å². The van der Waals surface area contributed by atoms with E-state index in [9.17, 15) is 0 Å². The predicted molar refractivity (Wildman–Crippen MR) is 138 cm³/mol. The van der Waals surface area contributed by atoms with E-state index in [1.165, 1.54) is 25.9 Å². The van der Waals surface area contributed by atoms with Crippen LogP contribution in [0.25, 0.3) is 39.5 Å². The molecule has 6 nitrogen and oxygen atoms in total. The number of pyridine rings is 3. The lowest BCUT2D eigenvalue weighted by atomic mass is 10.0. The SMILES string of the molecule is c1ccc(-c2nc3ccccn3c2-c2ccnc(-c3ccc(OCCN4CCCC4)cc3)c2)nc1. The van der Waals surface area contributed by atoms with Gasteiger partial charge in [0, 0.05) is 36.3 Å². The molecular weight excluding hydrogens is 434 g/mol. The van der Waals surface area contributed by atoms with Crippen LogP contribution < -0.4 is 4.74 Å². The summed E-state index contributed by atoms with van der Waals surface area (Å²) in [6.45, 7) is 4.10. The Morgan fingerprint density at radius 2 is 1.60 bits per heavy atom. The standard InChI is InChI=1S/C29H27N5O/c1-3-14-30-25(7-1)28-29(34-18-4-2-8-27(34)32-28)23-13-15-31-26(21-23)22-9-11-24(12-10-22)35-20-19-33-16-5-6-17-33/h1-4,7-15,18,21H,5-6,16-17,19-20H2. The third-order valence-electron chi connectivity index (χ3n) is 6.50. The number of aromatic nitrogens is 4. The number of fused-ring (bicyclic) bond motifs is 1. The number of hydrogen-bond acceptors (Lipinski definition) is 5. The molecule has 0 atom stereocenters. The number of hydrogen-bond donors (Lipinski definition) is 0. The quantitative estimate of drug-likeness (QED) is 0.316. The Labute approximate surface area is 204 Å². The van der Waals surface area contributed by atoms with Gasteiger partial charge in [-0.1, -0.05) is 12.1 Å². The average Bonchev–Trinajstić information content (AvgIpc) is 3.58. The summed E-state index contributed by atoms with van der Waals surface area (Å²) in [6.07, 6.45) is 8.31. The van der Waals surface area contributed by atoms with Crippen LogP contribution in [0.3, 0.4) is 0 Å². The maximum atomic E-state index is 5.97. The largest absolute Gasteiger partial charge is 0.492 e. The van der Waals surface area contributed by atoms with Crippen molar-refractivity contribution >= 4 is 5.65 Å². The number of imidazole rings is 1. The molecule has 1 aliphatic heterocycles. The first-order valence-electron chi connectivity index (χ1n) is 12.2. The zero-order valence-corrected chi connectivity index (χ0v) is 19.5. The van der Waals surface area contributed by atoms with Crippen molar-refractivity contribution in [2.75, 3.05) is 26.2 Å². The Kier molecular flexibility index (Phi) is 5.95. The first kappa shape index (κ1) is 21.5. The highest BCUT2D eigenvalue weighted by atomic mass is 16.5. The summed E-state index contributed by atoms with van der Waals surface area (Å²) in [4.78, 5) is 16.6. The van der Waals surface area contributed by atoms with E-state index in [0.717, 1.165) is 58.5 Å². The van der Waals surface area contributed by atoms with Gasteiger partial charge in [0.25, 0.3) is 0 Å². The average molecular weight is 462 g/mol. The maximum absolute atomic E-state index is 5.97. The maximum Gasteiger partial charge on any atom is 0.138 e. The molecule has 174 valence electrons. The monoisotopic (exact) mass is 461 g/mol. The van der Waals surface area contributed by atoms with E-state index >= 15 is 0 Å². The summed E-state index contributed by atoms with van der Waals surface area (Å²) < 4.78 is 8.09. The number of likely N-dealkylation sites (tertiary alicyclic amines) is 1. The normalized spacial score (nSPS) is 13.9. The summed E-state index contributed by atoms with van der Waals surface area (Å²) in [5.41, 5.74) is 6.59. The smallest absolute Gasteiger partial charge is 0.138 e. The summed E-state index contributed by atoms with van der Waals surface area (Å²) in [7, 11) is 0. The molecule has 0 unspecified atom stereocenters. The minimum absolute atomic E-state index is 0.720. The number of rotatable bonds is 7. The third-order valence-corrected chi connectivity index (χ3v) is 6.50. The number of ether oxygens (including phenoxy) is 1. The molecule has 1 aromatic carbocycles. The van der Waals surface area contributed by atoms with Gasteiger partial charge in [-0.15, -0.1) is 0 Å². The topological polar surface area (TPSA) is 55.6 Å². The molecule has 35 heavy (non-hydrogen) atoms. The van der Waals surface area contributed by atoms with Crippen molar-refractivity contribution in [3.8, 4) is 39.7 Å². The van der Waals surface area contributed by atoms with E-state index in [-0.39, 0.29) is 0 Å². The summed E-state index contributed by atoms with van der Waals surface area (Å²) in [6, 6.07) is 24.3. The van der Waals surface area contributed by atoms with Crippen LogP contribution in [0.15, 0.2) is 91.4 Å². The molecule has 6 rings (SSSR count). The lowest BCUT2D eigenvalue weighted by molar-refractivity contribution is 0.238. The van der Waals surface area contributed by atoms with Crippen LogP contribution in [-0.2, 0) is 0 Å². The second kappa shape index (κ2) is 9.68. The van der Waals surface area contributed by atoms with Crippen LogP contribution in [0.4, 0.5) is 0 Å². The molecule has 0 bridgehead atoms. The van der Waals surface area contributed by atoms with E-state index in [1.807, 2.05) is 67.0 Å². The van der Waals surface area contributed by atoms with Gasteiger partial charge in [0.15, 0.2) is 0 Å². The van der Waals surface area contributed by atoms with Gasteiger partial charge in [0.1, 0.15) is 23.7 Å². The van der Waals surface area contributed by atoms with E-state index in [2.05, 4.69) is 37.5 Å². The fourth-order valence-corrected chi connectivity index (χ4v) is 4.71. The minimum atomic E-state index is 0.720. The lowest BCUT2D eigenvalue weighted by Gasteiger charge is -2.15. The van der Waals surface area contributed by atoms with Crippen molar-refractivity contribution in [2.45, 2.75) is 12.8 Å². The zero-order valence-electron chi connectivity index (χ0n) is 19.5. The molecule has 0 spiro atoms. The van der Waals surface area contributed by atoms with Gasteiger partial charge >= 0.3 is 0 Å². The third kappa shape index (κ3) is 4.53. The van der Waals surface area contributed by atoms with Gasteiger partial charge in [0.05, 0.1) is 17.1 Å². The predicted octanol–water partition coefficient (Wildman–Crippen LogP) is 5.60. The van der Waals surface area contributed by atoms with E-state index in [1.54, 1.807) is 6.20 Å². The van der Waals surface area contributed by atoms with Crippen LogP contribution in [0.2, 0.25) is 0 Å². The molecule has 0 amide bonds. The Hall–Kier alpha value is -4.03. The van der Waals surface area contributed by atoms with Crippen LogP contribution in [0, 0.1) is 0 Å². The molecule has 6 heteroatoms. The lowest BCUT2D eigenvalue weighted by Crippen LogP contribution is -2.25. The van der Waals surface area contributed by atoms with Crippen molar-refractivity contribution in [1.82, 2.24) is 24.3 Å². The second-order valence-electron chi connectivity index (χ2n) is 8.80. The van der Waals surface area contributed by atoms with Crippen molar-refractivity contribution in [3.63, 3.8) is 0 Å². The first-order chi connectivity index (χ1) is 17.3. The Morgan fingerprint density at radius 3 is 2.43 bits per heavy atom. The van der Waals surface area contributed by atoms with Crippen molar-refractivity contribution in [3.05, 3.63) is 91.4 Å². The summed E-state index contributed by atoms with van der Waals surface area (Å²) in [5.74, 6) is 0.892. The molecule has 1 aliphatic rings. The zero-order chi connectivity index (χ0) is 23.5. The summed E-state index contributed by atoms with van der Waals surface area (Å²) in [5, 5.41) is 0. The van der Waals surface area contributed by atoms with E-state index in [4.69, 9.17) is 9.72 Å². The highest BCUT2D eigenvalue weighted by Gasteiger charge is 2.17. The minimum Gasteiger partial charge on any atom is -0.492 e. The van der Waals surface area contributed by atoms with Gasteiger partial charge in [-0.3, -0.25) is 19.3 Å². The molecule has 0 N–H and O–H groups in total. The highest BCUT2D eigenvalue weighted by molar-refractivity contribution is 5.82. The second-order valence-corrected chi connectivity index (χ2v) is 8.80. The van der Waals surface area contributed by atoms with Crippen molar-refractivity contribution in [1.29, 1.82) is 0 Å². The highest BCUT2D eigenvalue weighted by Crippen LogP contribution is 2.33. The van der Waals surface area contributed by atoms with Gasteiger partial charge in [-0.05, 0) is 86.6 Å². The van der Waals surface area contributed by atoms with Gasteiger partial charge in [-0.25, -0.2) is 4.98 Å². The number of nitrogens with zero attached hydrogens (tertiary/aromatic N) is 5. The molecule has 1 fully saturated rings. The van der Waals surface area contributed by atoms with Crippen LogP contribution in [0.5, 0.6) is 5.75 Å². The molecule has 4 aromatic heterocycles. The molecule has 5 heterocycles. The van der Waals surface area contributed by atoms with Gasteiger partial charge in [0.2, 0.25) is 0 Å². The van der Waals surface area contributed by atoms with Gasteiger partial charge in [-0.2, -0.15) is 0 Å². The molecule has 0 saturated carbocycles. The summed E-state index contributed by atoms with van der Waals surface area (Å²) >= 11 is 0. The molecule has 0 aliphatic carbocycles. The Bertz CT molecular complexity index is 1420.